The summed E-state index contributed by atoms with van der Waals surface area (Å²) in [5.41, 5.74) is 2.76. The Morgan fingerprint density at radius 2 is 1.97 bits per heavy atom. The van der Waals surface area contributed by atoms with Crippen molar-refractivity contribution in [1.82, 2.24) is 10.2 Å². The third-order valence-electron chi connectivity index (χ3n) is 5.57. The number of ether oxygens (including phenoxy) is 2. The molecule has 2 aliphatic rings. The number of alkyl halides is 3. The lowest BCUT2D eigenvalue weighted by molar-refractivity contribution is -0.192. The van der Waals surface area contributed by atoms with Crippen molar-refractivity contribution in [2.45, 2.75) is 38.1 Å². The highest BCUT2D eigenvalue weighted by Gasteiger charge is 2.52. The lowest BCUT2D eigenvalue weighted by Crippen LogP contribution is -2.64. The van der Waals surface area contributed by atoms with Crippen LogP contribution in [0.15, 0.2) is 24.3 Å². The van der Waals surface area contributed by atoms with E-state index in [0.29, 0.717) is 12.5 Å². The summed E-state index contributed by atoms with van der Waals surface area (Å²) in [5, 5.41) is 10.0. The number of aryl methyl sites for hydroxylation is 1. The molecule has 10 heteroatoms. The Bertz CT molecular complexity index is 751. The molecule has 2 aliphatic heterocycles. The zero-order valence-corrected chi connectivity index (χ0v) is 17.7. The second-order valence-corrected chi connectivity index (χ2v) is 7.85. The molecule has 31 heavy (non-hydrogen) atoms. The molecule has 0 aromatic heterocycles. The SMILES string of the molecule is COCC(=O)NCCC1CCOC12CN(Cc1ccccc1C)C2.O=C(O)C(F)(F)F. The van der Waals surface area contributed by atoms with Crippen LogP contribution in [-0.4, -0.2) is 73.6 Å². The molecule has 1 unspecified atom stereocenters. The molecular weight excluding hydrogens is 417 g/mol. The van der Waals surface area contributed by atoms with Crippen LogP contribution in [-0.2, 0) is 25.6 Å². The highest BCUT2D eigenvalue weighted by Crippen LogP contribution is 2.42. The summed E-state index contributed by atoms with van der Waals surface area (Å²) in [6.45, 7) is 6.84. The fraction of sp³-hybridized carbons (Fsp3) is 0.619. The van der Waals surface area contributed by atoms with E-state index in [-0.39, 0.29) is 18.1 Å². The molecule has 0 saturated carbocycles. The van der Waals surface area contributed by atoms with Crippen LogP contribution in [0.25, 0.3) is 0 Å². The number of aliphatic carboxylic acids is 1. The van der Waals surface area contributed by atoms with Gasteiger partial charge in [-0.2, -0.15) is 13.2 Å². The Morgan fingerprint density at radius 3 is 2.55 bits per heavy atom. The molecule has 2 heterocycles. The number of likely N-dealkylation sites (tertiary alicyclic amines) is 1. The summed E-state index contributed by atoms with van der Waals surface area (Å²) in [7, 11) is 1.54. The summed E-state index contributed by atoms with van der Waals surface area (Å²) in [6, 6.07) is 8.57. The molecule has 2 N–H and O–H groups in total. The van der Waals surface area contributed by atoms with Crippen LogP contribution in [0.1, 0.15) is 24.0 Å². The van der Waals surface area contributed by atoms with E-state index >= 15 is 0 Å². The summed E-state index contributed by atoms with van der Waals surface area (Å²) in [6.07, 6.45) is -3.01. The van der Waals surface area contributed by atoms with Gasteiger partial charge >= 0.3 is 12.1 Å². The molecule has 1 atom stereocenters. The third kappa shape index (κ3) is 7.19. The van der Waals surface area contributed by atoms with Gasteiger partial charge in [0.1, 0.15) is 6.61 Å². The number of nitrogens with zero attached hydrogens (tertiary/aromatic N) is 1. The molecule has 0 radical (unpaired) electrons. The van der Waals surface area contributed by atoms with Gasteiger partial charge in [-0.15, -0.1) is 0 Å². The average Bonchev–Trinajstić information content (AvgIpc) is 3.07. The van der Waals surface area contributed by atoms with Crippen LogP contribution < -0.4 is 5.32 Å². The number of amides is 1. The minimum atomic E-state index is -5.08. The van der Waals surface area contributed by atoms with Gasteiger partial charge in [-0.1, -0.05) is 24.3 Å². The van der Waals surface area contributed by atoms with E-state index in [1.54, 1.807) is 0 Å². The molecule has 1 amide bonds. The maximum Gasteiger partial charge on any atom is 0.490 e. The van der Waals surface area contributed by atoms with Gasteiger partial charge in [-0.25, -0.2) is 4.79 Å². The van der Waals surface area contributed by atoms with Crippen molar-refractivity contribution in [3.63, 3.8) is 0 Å². The largest absolute Gasteiger partial charge is 0.490 e. The number of nitrogens with one attached hydrogen (secondary N) is 1. The van der Waals surface area contributed by atoms with Crippen LogP contribution in [0.2, 0.25) is 0 Å². The van der Waals surface area contributed by atoms with Gasteiger partial charge in [0.2, 0.25) is 5.91 Å². The van der Waals surface area contributed by atoms with Crippen LogP contribution in [0.5, 0.6) is 0 Å². The zero-order chi connectivity index (χ0) is 23.1. The molecule has 3 rings (SSSR count). The van der Waals surface area contributed by atoms with Gasteiger partial charge in [0.25, 0.3) is 0 Å². The van der Waals surface area contributed by atoms with E-state index in [9.17, 15) is 18.0 Å². The van der Waals surface area contributed by atoms with Gasteiger partial charge in [0.05, 0.1) is 5.60 Å². The van der Waals surface area contributed by atoms with Crippen molar-refractivity contribution in [2.24, 2.45) is 5.92 Å². The van der Waals surface area contributed by atoms with Crippen LogP contribution in [0, 0.1) is 12.8 Å². The number of hydrogen-bond donors (Lipinski definition) is 2. The average molecular weight is 446 g/mol. The third-order valence-corrected chi connectivity index (χ3v) is 5.57. The summed E-state index contributed by atoms with van der Waals surface area (Å²) in [5.74, 6) is -2.26. The first-order chi connectivity index (χ1) is 14.6. The zero-order valence-electron chi connectivity index (χ0n) is 17.7. The van der Waals surface area contributed by atoms with E-state index in [4.69, 9.17) is 19.4 Å². The molecule has 2 fully saturated rings. The van der Waals surface area contributed by atoms with Crippen molar-refractivity contribution >= 4 is 11.9 Å². The fourth-order valence-corrected chi connectivity index (χ4v) is 3.96. The van der Waals surface area contributed by atoms with Crippen LogP contribution in [0.4, 0.5) is 13.2 Å². The highest BCUT2D eigenvalue weighted by molar-refractivity contribution is 5.77. The van der Waals surface area contributed by atoms with Gasteiger partial charge in [0, 0.05) is 39.9 Å². The topological polar surface area (TPSA) is 88.1 Å². The standard InChI is InChI=1S/C19H28N2O3.C2HF3O2/c1-15-5-3-4-6-16(15)11-21-13-19(14-21)17(8-10-24-19)7-9-20-18(22)12-23-2;3-2(4,5)1(6)7/h3-6,17H,7-14H2,1-2H3,(H,20,22);(H,6,7). The van der Waals surface area contributed by atoms with Gasteiger partial charge in [-0.3, -0.25) is 9.69 Å². The molecule has 2 saturated heterocycles. The van der Waals surface area contributed by atoms with E-state index in [2.05, 4.69) is 41.4 Å². The molecule has 1 spiro atoms. The molecule has 7 nitrogen and oxygen atoms in total. The van der Waals surface area contributed by atoms with Crippen LogP contribution in [0.3, 0.4) is 0 Å². The predicted octanol–water partition coefficient (Wildman–Crippen LogP) is 2.37. The second kappa shape index (κ2) is 10.9. The number of hydrogen-bond acceptors (Lipinski definition) is 5. The molecule has 1 aromatic rings. The summed E-state index contributed by atoms with van der Waals surface area (Å²) in [4.78, 5) is 22.8. The lowest BCUT2D eigenvalue weighted by atomic mass is 9.78. The first-order valence-electron chi connectivity index (χ1n) is 10.0. The first kappa shape index (κ1) is 25.1. The number of halogens is 3. The van der Waals surface area contributed by atoms with Crippen LogP contribution >= 0.6 is 0 Å². The fourth-order valence-electron chi connectivity index (χ4n) is 3.96. The quantitative estimate of drug-likeness (QED) is 0.669. The van der Waals surface area contributed by atoms with Crippen molar-refractivity contribution in [2.75, 3.05) is 40.0 Å². The summed E-state index contributed by atoms with van der Waals surface area (Å²) < 4.78 is 42.7. The molecule has 0 aliphatic carbocycles. The molecule has 174 valence electrons. The van der Waals surface area contributed by atoms with Crippen molar-refractivity contribution < 1.29 is 37.3 Å². The predicted molar refractivity (Wildman–Crippen MR) is 106 cm³/mol. The Balaban J connectivity index is 0.000000423. The molecular formula is C21H29F3N2O5. The van der Waals surface area contributed by atoms with Gasteiger partial charge < -0.3 is 19.9 Å². The number of benzene rings is 1. The maximum absolute atomic E-state index is 11.5. The Morgan fingerprint density at radius 1 is 1.32 bits per heavy atom. The van der Waals surface area contributed by atoms with Gasteiger partial charge in [0.15, 0.2) is 0 Å². The molecule has 1 aromatic carbocycles. The smallest absolute Gasteiger partial charge is 0.475 e. The van der Waals surface area contributed by atoms with Crippen molar-refractivity contribution in [3.05, 3.63) is 35.4 Å². The number of carbonyl (C=O) groups is 2. The van der Waals surface area contributed by atoms with E-state index in [1.807, 2.05) is 0 Å². The number of carbonyl (C=O) groups excluding carboxylic acids is 1. The first-order valence-corrected chi connectivity index (χ1v) is 10.0. The molecule has 0 bridgehead atoms. The minimum absolute atomic E-state index is 0.00860. The second-order valence-electron chi connectivity index (χ2n) is 7.85. The number of methoxy groups -OCH3 is 1. The Hall–Kier alpha value is -2.17. The number of rotatable bonds is 7. The van der Waals surface area contributed by atoms with Gasteiger partial charge in [-0.05, 0) is 36.8 Å². The minimum Gasteiger partial charge on any atom is -0.475 e. The maximum atomic E-state index is 11.5. The van der Waals surface area contributed by atoms with Crippen molar-refractivity contribution in [3.8, 4) is 0 Å². The number of carboxylic acid groups (broad SMARTS) is 1. The Kier molecular flexibility index (Phi) is 8.84. The van der Waals surface area contributed by atoms with E-state index < -0.39 is 12.1 Å². The number of carboxylic acids is 1. The summed E-state index contributed by atoms with van der Waals surface area (Å²) >= 11 is 0. The van der Waals surface area contributed by atoms with Crippen molar-refractivity contribution in [1.29, 1.82) is 0 Å². The normalized spacial score (nSPS) is 20.0. The highest BCUT2D eigenvalue weighted by atomic mass is 19.4. The van der Waals surface area contributed by atoms with E-state index in [1.165, 1.54) is 18.2 Å². The Labute approximate surface area is 179 Å². The van der Waals surface area contributed by atoms with E-state index in [0.717, 1.165) is 39.1 Å². The monoisotopic (exact) mass is 446 g/mol. The lowest BCUT2D eigenvalue weighted by Gasteiger charge is -2.50.